The fourth-order valence-electron chi connectivity index (χ4n) is 1.52. The molecule has 0 aromatic heterocycles. The van der Waals surface area contributed by atoms with Gasteiger partial charge >= 0.3 is 0 Å². The normalized spacial score (nSPS) is 12.8. The van der Waals surface area contributed by atoms with Gasteiger partial charge in [0.2, 0.25) is 0 Å². The summed E-state index contributed by atoms with van der Waals surface area (Å²) in [7, 11) is -3.02. The first-order chi connectivity index (χ1) is 7.81. The van der Waals surface area contributed by atoms with Crippen molar-refractivity contribution in [3.05, 3.63) is 23.8 Å². The van der Waals surface area contributed by atoms with Crippen LogP contribution in [0.1, 0.15) is 12.5 Å². The van der Waals surface area contributed by atoms with E-state index in [4.69, 9.17) is 11.0 Å². The van der Waals surface area contributed by atoms with Crippen LogP contribution in [0.2, 0.25) is 0 Å². The van der Waals surface area contributed by atoms with Crippen LogP contribution in [0.3, 0.4) is 0 Å². The number of nitrogen functional groups attached to an aromatic ring is 1. The van der Waals surface area contributed by atoms with Crippen LogP contribution < -0.4 is 11.1 Å². The minimum atomic E-state index is -3.02. The zero-order chi connectivity index (χ0) is 13.1. The van der Waals surface area contributed by atoms with Gasteiger partial charge in [0.15, 0.2) is 0 Å². The number of nitrogens with zero attached hydrogens (tertiary/aromatic N) is 1. The van der Waals surface area contributed by atoms with Crippen molar-refractivity contribution < 1.29 is 8.42 Å². The Hall–Kier alpha value is -1.74. The Bertz CT molecular complexity index is 546. The molecule has 92 valence electrons. The number of hydrogen-bond acceptors (Lipinski definition) is 5. The smallest absolute Gasteiger partial charge is 0.149 e. The van der Waals surface area contributed by atoms with Gasteiger partial charge in [0, 0.05) is 12.3 Å². The van der Waals surface area contributed by atoms with E-state index in [1.165, 1.54) is 6.26 Å². The molecular weight excluding hydrogens is 238 g/mol. The molecule has 0 amide bonds. The molecular formula is C11H15N3O2S. The second-order valence-corrected chi connectivity index (χ2v) is 6.24. The van der Waals surface area contributed by atoms with Crippen molar-refractivity contribution in [1.29, 1.82) is 5.26 Å². The summed E-state index contributed by atoms with van der Waals surface area (Å²) >= 11 is 0. The Morgan fingerprint density at radius 2 is 2.18 bits per heavy atom. The van der Waals surface area contributed by atoms with Crippen LogP contribution in [-0.2, 0) is 9.84 Å². The fraction of sp³-hybridized carbons (Fsp3) is 0.364. The number of benzene rings is 1. The number of nitrogens with one attached hydrogen (secondary N) is 1. The number of nitrogens with two attached hydrogens (primary N) is 1. The van der Waals surface area contributed by atoms with Crippen LogP contribution in [-0.4, -0.2) is 26.5 Å². The summed E-state index contributed by atoms with van der Waals surface area (Å²) < 4.78 is 22.2. The second kappa shape index (κ2) is 5.06. The van der Waals surface area contributed by atoms with Crippen LogP contribution in [0.4, 0.5) is 11.4 Å². The predicted octanol–water partition coefficient (Wildman–Crippen LogP) is 0.985. The minimum absolute atomic E-state index is 0.0342. The Morgan fingerprint density at radius 3 is 2.65 bits per heavy atom. The van der Waals surface area contributed by atoms with Gasteiger partial charge in [-0.1, -0.05) is 0 Å². The van der Waals surface area contributed by atoms with E-state index < -0.39 is 9.84 Å². The molecule has 0 bridgehead atoms. The van der Waals surface area contributed by atoms with E-state index in [2.05, 4.69) is 5.32 Å². The summed E-state index contributed by atoms with van der Waals surface area (Å²) in [6.07, 6.45) is 1.19. The third kappa shape index (κ3) is 4.33. The highest BCUT2D eigenvalue weighted by atomic mass is 32.2. The van der Waals surface area contributed by atoms with E-state index >= 15 is 0 Å². The van der Waals surface area contributed by atoms with Gasteiger partial charge < -0.3 is 11.1 Å². The van der Waals surface area contributed by atoms with Crippen LogP contribution in [0.25, 0.3) is 0 Å². The van der Waals surface area contributed by atoms with Gasteiger partial charge in [0.1, 0.15) is 9.84 Å². The topological polar surface area (TPSA) is 96.0 Å². The molecule has 0 radical (unpaired) electrons. The van der Waals surface area contributed by atoms with Gasteiger partial charge in [-0.15, -0.1) is 0 Å². The molecule has 0 aliphatic heterocycles. The van der Waals surface area contributed by atoms with Gasteiger partial charge in [-0.2, -0.15) is 5.26 Å². The Morgan fingerprint density at radius 1 is 1.53 bits per heavy atom. The van der Waals surface area contributed by atoms with Gasteiger partial charge in [-0.05, 0) is 25.1 Å². The van der Waals surface area contributed by atoms with Crippen molar-refractivity contribution in [2.45, 2.75) is 13.0 Å². The first kappa shape index (κ1) is 13.3. The van der Waals surface area contributed by atoms with E-state index in [-0.39, 0.29) is 11.8 Å². The largest absolute Gasteiger partial charge is 0.397 e. The average molecular weight is 253 g/mol. The molecule has 1 rings (SSSR count). The average Bonchev–Trinajstić information content (AvgIpc) is 2.18. The number of rotatable bonds is 4. The number of nitriles is 1. The summed E-state index contributed by atoms with van der Waals surface area (Å²) in [5.74, 6) is 0.0342. The molecule has 17 heavy (non-hydrogen) atoms. The number of anilines is 2. The Kier molecular flexibility index (Phi) is 3.97. The first-order valence-corrected chi connectivity index (χ1v) is 7.12. The molecule has 0 spiro atoms. The van der Waals surface area contributed by atoms with Crippen molar-refractivity contribution in [1.82, 2.24) is 0 Å². The lowest BCUT2D eigenvalue weighted by Crippen LogP contribution is -2.25. The zero-order valence-electron chi connectivity index (χ0n) is 9.77. The van der Waals surface area contributed by atoms with Gasteiger partial charge in [-0.25, -0.2) is 8.42 Å². The molecule has 1 aromatic rings. The second-order valence-electron chi connectivity index (χ2n) is 4.05. The van der Waals surface area contributed by atoms with Crippen molar-refractivity contribution in [3.63, 3.8) is 0 Å². The molecule has 1 atom stereocenters. The molecule has 5 nitrogen and oxygen atoms in total. The lowest BCUT2D eigenvalue weighted by atomic mass is 10.2. The Balaban J connectivity index is 2.79. The minimum Gasteiger partial charge on any atom is -0.397 e. The van der Waals surface area contributed by atoms with E-state index in [1.54, 1.807) is 25.1 Å². The summed E-state index contributed by atoms with van der Waals surface area (Å²) in [4.78, 5) is 0. The third-order valence-electron chi connectivity index (χ3n) is 2.14. The summed E-state index contributed by atoms with van der Waals surface area (Å²) in [6, 6.07) is 6.60. The zero-order valence-corrected chi connectivity index (χ0v) is 10.6. The lowest BCUT2D eigenvalue weighted by molar-refractivity contribution is 0.598. The molecule has 0 fully saturated rings. The fourth-order valence-corrected chi connectivity index (χ4v) is 2.52. The van der Waals surface area contributed by atoms with Gasteiger partial charge in [-0.3, -0.25) is 0 Å². The van der Waals surface area contributed by atoms with Crippen molar-refractivity contribution in [3.8, 4) is 6.07 Å². The predicted molar refractivity (Wildman–Crippen MR) is 68.4 cm³/mol. The molecule has 1 unspecified atom stereocenters. The maximum atomic E-state index is 11.1. The molecule has 0 aliphatic carbocycles. The third-order valence-corrected chi connectivity index (χ3v) is 3.24. The molecule has 0 saturated carbocycles. The SMILES string of the molecule is CC(CS(C)(=O)=O)Nc1ccc(C#N)cc1N. The number of sulfone groups is 1. The van der Waals surface area contributed by atoms with Crippen LogP contribution in [0.15, 0.2) is 18.2 Å². The summed E-state index contributed by atoms with van der Waals surface area (Å²) in [6.45, 7) is 1.76. The number of hydrogen-bond donors (Lipinski definition) is 2. The van der Waals surface area contributed by atoms with Crippen molar-refractivity contribution >= 4 is 21.2 Å². The van der Waals surface area contributed by atoms with Crippen LogP contribution in [0, 0.1) is 11.3 Å². The highest BCUT2D eigenvalue weighted by molar-refractivity contribution is 7.90. The Labute approximate surface area is 101 Å². The summed E-state index contributed by atoms with van der Waals surface area (Å²) in [5, 5.41) is 11.7. The van der Waals surface area contributed by atoms with E-state index in [0.29, 0.717) is 16.9 Å². The lowest BCUT2D eigenvalue weighted by Gasteiger charge is -2.15. The van der Waals surface area contributed by atoms with Crippen LogP contribution >= 0.6 is 0 Å². The van der Waals surface area contributed by atoms with E-state index in [9.17, 15) is 8.42 Å². The maximum absolute atomic E-state index is 11.1. The quantitative estimate of drug-likeness (QED) is 0.780. The summed E-state index contributed by atoms with van der Waals surface area (Å²) in [5.41, 5.74) is 7.30. The molecule has 6 heteroatoms. The van der Waals surface area contributed by atoms with Crippen molar-refractivity contribution in [2.24, 2.45) is 0 Å². The first-order valence-electron chi connectivity index (χ1n) is 5.05. The highest BCUT2D eigenvalue weighted by Gasteiger charge is 2.11. The standard InChI is InChI=1S/C11H15N3O2S/c1-8(7-17(2,15)16)14-11-4-3-9(6-12)5-10(11)13/h3-5,8,14H,7,13H2,1-2H3. The van der Waals surface area contributed by atoms with E-state index in [1.807, 2.05) is 6.07 Å². The van der Waals surface area contributed by atoms with Gasteiger partial charge in [0.25, 0.3) is 0 Å². The van der Waals surface area contributed by atoms with Crippen LogP contribution in [0.5, 0.6) is 0 Å². The van der Waals surface area contributed by atoms with Crippen molar-refractivity contribution in [2.75, 3.05) is 23.1 Å². The maximum Gasteiger partial charge on any atom is 0.149 e. The van der Waals surface area contributed by atoms with Gasteiger partial charge in [0.05, 0.1) is 28.8 Å². The molecule has 3 N–H and O–H groups in total. The monoisotopic (exact) mass is 253 g/mol. The molecule has 0 saturated heterocycles. The molecule has 0 aliphatic rings. The highest BCUT2D eigenvalue weighted by Crippen LogP contribution is 2.20. The molecule has 1 aromatic carbocycles. The molecule has 0 heterocycles. The van der Waals surface area contributed by atoms with E-state index in [0.717, 1.165) is 0 Å².